The van der Waals surface area contributed by atoms with Crippen molar-refractivity contribution in [2.75, 3.05) is 0 Å². The molecule has 2 N–H and O–H groups in total. The van der Waals surface area contributed by atoms with Gasteiger partial charge < -0.3 is 10.2 Å². The van der Waals surface area contributed by atoms with Crippen LogP contribution in [-0.4, -0.2) is 16.2 Å². The van der Waals surface area contributed by atoms with Crippen LogP contribution in [0.4, 0.5) is 0 Å². The fraction of sp³-hybridized carbons (Fsp3) is 0.222. The molecule has 0 aliphatic carbocycles. The summed E-state index contributed by atoms with van der Waals surface area (Å²) < 4.78 is 0.726. The number of phenols is 1. The molecule has 0 aliphatic rings. The molecule has 3 nitrogen and oxygen atoms in total. The van der Waals surface area contributed by atoms with E-state index in [4.69, 9.17) is 5.11 Å². The summed E-state index contributed by atoms with van der Waals surface area (Å²) in [7, 11) is 0. The van der Waals surface area contributed by atoms with Gasteiger partial charge in [-0.1, -0.05) is 15.9 Å². The van der Waals surface area contributed by atoms with Crippen molar-refractivity contribution in [3.05, 3.63) is 27.7 Å². The number of phenolic OH excluding ortho intramolecular Hbond substituents is 1. The van der Waals surface area contributed by atoms with Crippen LogP contribution >= 0.6 is 15.9 Å². The van der Waals surface area contributed by atoms with Crippen LogP contribution in [0.3, 0.4) is 0 Å². The molecule has 0 bridgehead atoms. The molecule has 0 fully saturated rings. The van der Waals surface area contributed by atoms with E-state index in [1.54, 1.807) is 13.0 Å². The Morgan fingerprint density at radius 1 is 1.54 bits per heavy atom. The fourth-order valence-electron chi connectivity index (χ4n) is 0.996. The van der Waals surface area contributed by atoms with Crippen molar-refractivity contribution >= 4 is 21.9 Å². The van der Waals surface area contributed by atoms with Crippen molar-refractivity contribution in [3.8, 4) is 5.75 Å². The smallest absolute Gasteiger partial charge is 0.307 e. The van der Waals surface area contributed by atoms with E-state index >= 15 is 0 Å². The largest absolute Gasteiger partial charge is 0.508 e. The molecule has 0 radical (unpaired) electrons. The zero-order valence-corrected chi connectivity index (χ0v) is 8.63. The predicted octanol–water partition coefficient (Wildman–Crippen LogP) is 2.09. The highest BCUT2D eigenvalue weighted by atomic mass is 79.9. The summed E-state index contributed by atoms with van der Waals surface area (Å²) in [5.41, 5.74) is 1.30. The van der Waals surface area contributed by atoms with Gasteiger partial charge >= 0.3 is 5.97 Å². The van der Waals surface area contributed by atoms with E-state index in [0.717, 1.165) is 4.47 Å². The number of carboxylic acid groups (broad SMARTS) is 1. The van der Waals surface area contributed by atoms with Crippen molar-refractivity contribution in [1.82, 2.24) is 0 Å². The Morgan fingerprint density at radius 3 is 2.62 bits per heavy atom. The molecule has 70 valence electrons. The van der Waals surface area contributed by atoms with Crippen LogP contribution in [0.15, 0.2) is 16.6 Å². The van der Waals surface area contributed by atoms with Gasteiger partial charge in [-0.05, 0) is 24.6 Å². The van der Waals surface area contributed by atoms with Gasteiger partial charge in [-0.3, -0.25) is 4.79 Å². The summed E-state index contributed by atoms with van der Waals surface area (Å²) in [4.78, 5) is 10.4. The Morgan fingerprint density at radius 2 is 2.15 bits per heavy atom. The molecule has 1 rings (SSSR count). The Labute approximate surface area is 84.1 Å². The first kappa shape index (κ1) is 10.1. The Balaban J connectivity index is 3.06. The molecule has 0 atom stereocenters. The molecule has 0 saturated carbocycles. The zero-order chi connectivity index (χ0) is 10.0. The maximum atomic E-state index is 10.4. The normalized spacial score (nSPS) is 10.0. The molecule has 0 aromatic heterocycles. The van der Waals surface area contributed by atoms with Gasteiger partial charge in [0.05, 0.1) is 6.42 Å². The van der Waals surface area contributed by atoms with Gasteiger partial charge in [-0.25, -0.2) is 0 Å². The molecule has 0 saturated heterocycles. The first-order valence-corrected chi connectivity index (χ1v) is 4.50. The van der Waals surface area contributed by atoms with Gasteiger partial charge in [0.25, 0.3) is 0 Å². The summed E-state index contributed by atoms with van der Waals surface area (Å²) in [5.74, 6) is -0.791. The van der Waals surface area contributed by atoms with Crippen LogP contribution in [0.1, 0.15) is 11.1 Å². The Kier molecular flexibility index (Phi) is 2.93. The van der Waals surface area contributed by atoms with Crippen molar-refractivity contribution in [3.63, 3.8) is 0 Å². The molecular formula is C9H9BrO3. The average molecular weight is 245 g/mol. The van der Waals surface area contributed by atoms with Gasteiger partial charge in [0.2, 0.25) is 0 Å². The highest BCUT2D eigenvalue weighted by molar-refractivity contribution is 9.10. The number of hydrogen-bond acceptors (Lipinski definition) is 2. The minimum Gasteiger partial charge on any atom is -0.508 e. The summed E-state index contributed by atoms with van der Waals surface area (Å²) in [6.07, 6.45) is -0.0769. The van der Waals surface area contributed by atoms with Crippen LogP contribution in [0.2, 0.25) is 0 Å². The molecule has 4 heteroatoms. The lowest BCUT2D eigenvalue weighted by molar-refractivity contribution is -0.136. The number of benzene rings is 1. The summed E-state index contributed by atoms with van der Waals surface area (Å²) in [6, 6.07) is 3.16. The molecule has 0 aliphatic heterocycles. The van der Waals surface area contributed by atoms with Crippen molar-refractivity contribution < 1.29 is 15.0 Å². The lowest BCUT2D eigenvalue weighted by Gasteiger charge is -2.04. The van der Waals surface area contributed by atoms with Crippen LogP contribution in [0.25, 0.3) is 0 Å². The van der Waals surface area contributed by atoms with Gasteiger partial charge in [-0.2, -0.15) is 0 Å². The van der Waals surface area contributed by atoms with Gasteiger partial charge in [-0.15, -0.1) is 0 Å². The highest BCUT2D eigenvalue weighted by Gasteiger charge is 2.06. The minimum atomic E-state index is -0.907. The standard InChI is InChI=1S/C9H9BrO3/c1-5-7(10)2-6(3-8(5)11)4-9(12)13/h2-3,11H,4H2,1H3,(H,12,13). The quantitative estimate of drug-likeness (QED) is 0.838. The van der Waals surface area contributed by atoms with Gasteiger partial charge in [0.15, 0.2) is 0 Å². The van der Waals surface area contributed by atoms with Gasteiger partial charge in [0.1, 0.15) is 5.75 Å². The fourth-order valence-corrected chi connectivity index (χ4v) is 1.49. The van der Waals surface area contributed by atoms with Crippen LogP contribution < -0.4 is 0 Å². The third-order valence-corrected chi connectivity index (χ3v) is 2.56. The zero-order valence-electron chi connectivity index (χ0n) is 7.04. The molecule has 13 heavy (non-hydrogen) atoms. The van der Waals surface area contributed by atoms with E-state index < -0.39 is 5.97 Å². The van der Waals surface area contributed by atoms with Crippen molar-refractivity contribution in [1.29, 1.82) is 0 Å². The second-order valence-electron chi connectivity index (χ2n) is 2.79. The average Bonchev–Trinajstić information content (AvgIpc) is 1.98. The molecular weight excluding hydrogens is 236 g/mol. The second-order valence-corrected chi connectivity index (χ2v) is 3.65. The first-order valence-electron chi connectivity index (χ1n) is 3.70. The number of aliphatic carboxylic acids is 1. The van der Waals surface area contributed by atoms with E-state index in [0.29, 0.717) is 11.1 Å². The summed E-state index contributed by atoms with van der Waals surface area (Å²) in [5, 5.41) is 17.9. The van der Waals surface area contributed by atoms with Crippen LogP contribution in [0.5, 0.6) is 5.75 Å². The number of halogens is 1. The number of aromatic hydroxyl groups is 1. The third kappa shape index (κ3) is 2.45. The second kappa shape index (κ2) is 3.79. The molecule has 0 spiro atoms. The van der Waals surface area contributed by atoms with E-state index in [1.807, 2.05) is 0 Å². The minimum absolute atomic E-state index is 0.0769. The SMILES string of the molecule is Cc1c(O)cc(CC(=O)O)cc1Br. The first-order chi connectivity index (χ1) is 6.00. The van der Waals surface area contributed by atoms with Crippen molar-refractivity contribution in [2.45, 2.75) is 13.3 Å². The summed E-state index contributed by atoms with van der Waals surface area (Å²) in [6.45, 7) is 1.75. The number of carbonyl (C=O) groups is 1. The molecule has 0 heterocycles. The van der Waals surface area contributed by atoms with Crippen molar-refractivity contribution in [2.24, 2.45) is 0 Å². The Bertz CT molecular complexity index is 324. The van der Waals surface area contributed by atoms with Crippen LogP contribution in [0, 0.1) is 6.92 Å². The third-order valence-electron chi connectivity index (χ3n) is 1.73. The number of carboxylic acids is 1. The maximum absolute atomic E-state index is 10.4. The lowest BCUT2D eigenvalue weighted by Crippen LogP contribution is -2.00. The molecule has 0 amide bonds. The molecule has 1 aromatic carbocycles. The Hall–Kier alpha value is -1.03. The lowest BCUT2D eigenvalue weighted by atomic mass is 10.1. The summed E-state index contributed by atoms with van der Waals surface area (Å²) >= 11 is 3.23. The number of hydrogen-bond donors (Lipinski definition) is 2. The van der Waals surface area contributed by atoms with Crippen LogP contribution in [-0.2, 0) is 11.2 Å². The van der Waals surface area contributed by atoms with E-state index in [2.05, 4.69) is 15.9 Å². The predicted molar refractivity (Wildman–Crippen MR) is 51.9 cm³/mol. The molecule has 0 unspecified atom stereocenters. The topological polar surface area (TPSA) is 57.5 Å². The van der Waals surface area contributed by atoms with E-state index in [9.17, 15) is 9.90 Å². The molecule has 1 aromatic rings. The maximum Gasteiger partial charge on any atom is 0.307 e. The van der Waals surface area contributed by atoms with Gasteiger partial charge in [0, 0.05) is 10.0 Å². The highest BCUT2D eigenvalue weighted by Crippen LogP contribution is 2.26. The monoisotopic (exact) mass is 244 g/mol. The number of rotatable bonds is 2. The van der Waals surface area contributed by atoms with E-state index in [-0.39, 0.29) is 12.2 Å². The van der Waals surface area contributed by atoms with E-state index in [1.165, 1.54) is 6.07 Å².